The highest BCUT2D eigenvalue weighted by Gasteiger charge is 2.18. The first kappa shape index (κ1) is 22.1. The fourth-order valence-electron chi connectivity index (χ4n) is 3.49. The molecule has 5 nitrogen and oxygen atoms in total. The van der Waals surface area contributed by atoms with Gasteiger partial charge in [0, 0.05) is 12.2 Å². The number of carbonyl (C=O) groups is 1. The maximum Gasteiger partial charge on any atom is 0.263 e. The third-order valence-corrected chi connectivity index (χ3v) is 5.03. The number of methoxy groups -OCH3 is 2. The van der Waals surface area contributed by atoms with Gasteiger partial charge in [-0.2, -0.15) is 0 Å². The van der Waals surface area contributed by atoms with Crippen LogP contribution in [0.1, 0.15) is 35.2 Å². The van der Waals surface area contributed by atoms with E-state index in [2.05, 4.69) is 22.3 Å². The maximum atomic E-state index is 12.7. The van der Waals surface area contributed by atoms with E-state index in [-0.39, 0.29) is 18.3 Å². The van der Waals surface area contributed by atoms with Crippen LogP contribution in [0.2, 0.25) is 0 Å². The van der Waals surface area contributed by atoms with Crippen molar-refractivity contribution in [2.75, 3.05) is 39.2 Å². The van der Waals surface area contributed by atoms with Crippen LogP contribution in [0.25, 0.3) is 0 Å². The van der Waals surface area contributed by atoms with Crippen LogP contribution in [0.3, 0.4) is 0 Å². The van der Waals surface area contributed by atoms with Crippen molar-refractivity contribution in [3.63, 3.8) is 0 Å². The Kier molecular flexibility index (Phi) is 8.61. The standard InChI is InChI=1S/C22H28N2O3.ClH/c1-26-19-7-6-8-20(27-2)21(19)22(25)23-18-11-9-17(10-12-18)13-16-24-14-4-3-5-15-24;/h6-12H,3-5,13-16H2,1-2H3,(H,23,25);1H. The zero-order valence-electron chi connectivity index (χ0n) is 16.6. The number of likely N-dealkylation sites (tertiary alicyclic amines) is 1. The predicted molar refractivity (Wildman–Crippen MR) is 115 cm³/mol. The number of ether oxygens (including phenoxy) is 2. The number of hydrogen-bond donors (Lipinski definition) is 1. The molecule has 1 aliphatic heterocycles. The molecule has 0 atom stereocenters. The Morgan fingerprint density at radius 3 is 2.14 bits per heavy atom. The summed E-state index contributed by atoms with van der Waals surface area (Å²) >= 11 is 0. The van der Waals surface area contributed by atoms with E-state index in [1.54, 1.807) is 32.4 Å². The zero-order chi connectivity index (χ0) is 19.1. The van der Waals surface area contributed by atoms with Gasteiger partial charge in [-0.1, -0.05) is 24.6 Å². The summed E-state index contributed by atoms with van der Waals surface area (Å²) in [4.78, 5) is 15.2. The van der Waals surface area contributed by atoms with E-state index in [1.807, 2.05) is 12.1 Å². The Bertz CT molecular complexity index is 737. The maximum absolute atomic E-state index is 12.7. The van der Waals surface area contributed by atoms with Crippen molar-refractivity contribution in [1.29, 1.82) is 0 Å². The molecule has 2 aromatic rings. The summed E-state index contributed by atoms with van der Waals surface area (Å²) in [5, 5.41) is 2.93. The first-order chi connectivity index (χ1) is 13.2. The highest BCUT2D eigenvalue weighted by Crippen LogP contribution is 2.29. The van der Waals surface area contributed by atoms with Crippen molar-refractivity contribution in [2.24, 2.45) is 0 Å². The van der Waals surface area contributed by atoms with Gasteiger partial charge >= 0.3 is 0 Å². The summed E-state index contributed by atoms with van der Waals surface area (Å²) in [6.07, 6.45) is 5.03. The van der Waals surface area contributed by atoms with E-state index < -0.39 is 0 Å². The molecule has 28 heavy (non-hydrogen) atoms. The summed E-state index contributed by atoms with van der Waals surface area (Å²) in [5.41, 5.74) is 2.44. The summed E-state index contributed by atoms with van der Waals surface area (Å²) < 4.78 is 10.6. The normalized spacial score (nSPS) is 14.1. The van der Waals surface area contributed by atoms with Gasteiger partial charge in [-0.25, -0.2) is 0 Å². The van der Waals surface area contributed by atoms with E-state index in [9.17, 15) is 4.79 Å². The molecule has 1 heterocycles. The number of rotatable bonds is 7. The SMILES string of the molecule is COc1cccc(OC)c1C(=O)Nc1ccc(CCN2CCCCC2)cc1.Cl. The smallest absolute Gasteiger partial charge is 0.263 e. The minimum absolute atomic E-state index is 0. The molecular weight excluding hydrogens is 376 g/mol. The summed E-state index contributed by atoms with van der Waals surface area (Å²) in [7, 11) is 3.09. The number of hydrogen-bond acceptors (Lipinski definition) is 4. The van der Waals surface area contributed by atoms with E-state index in [0.717, 1.165) is 18.7 Å². The van der Waals surface area contributed by atoms with Crippen molar-refractivity contribution in [2.45, 2.75) is 25.7 Å². The average molecular weight is 405 g/mol. The van der Waals surface area contributed by atoms with Crippen LogP contribution < -0.4 is 14.8 Å². The fraction of sp³-hybridized carbons (Fsp3) is 0.409. The van der Waals surface area contributed by atoms with Gasteiger partial charge in [0.15, 0.2) is 0 Å². The molecule has 0 spiro atoms. The van der Waals surface area contributed by atoms with E-state index >= 15 is 0 Å². The first-order valence-corrected chi connectivity index (χ1v) is 9.55. The average Bonchev–Trinajstić information content (AvgIpc) is 2.73. The summed E-state index contributed by atoms with van der Waals surface area (Å²) in [6, 6.07) is 13.4. The molecule has 2 aromatic carbocycles. The van der Waals surface area contributed by atoms with E-state index in [1.165, 1.54) is 37.9 Å². The Morgan fingerprint density at radius 1 is 0.964 bits per heavy atom. The van der Waals surface area contributed by atoms with Gasteiger partial charge in [-0.05, 0) is 62.2 Å². The van der Waals surface area contributed by atoms with Crippen molar-refractivity contribution >= 4 is 24.0 Å². The highest BCUT2D eigenvalue weighted by molar-refractivity contribution is 6.08. The lowest BCUT2D eigenvalue weighted by molar-refractivity contribution is 0.102. The third-order valence-electron chi connectivity index (χ3n) is 5.03. The van der Waals surface area contributed by atoms with Gasteiger partial charge < -0.3 is 19.7 Å². The number of piperidine rings is 1. The Labute approximate surface area is 173 Å². The van der Waals surface area contributed by atoms with Gasteiger partial charge in [0.25, 0.3) is 5.91 Å². The molecule has 152 valence electrons. The number of benzene rings is 2. The second-order valence-electron chi connectivity index (χ2n) is 6.84. The number of amides is 1. The Balaban J connectivity index is 0.00000280. The fourth-order valence-corrected chi connectivity index (χ4v) is 3.49. The van der Waals surface area contributed by atoms with Gasteiger partial charge in [0.1, 0.15) is 17.1 Å². The van der Waals surface area contributed by atoms with Crippen LogP contribution in [-0.4, -0.2) is 44.7 Å². The van der Waals surface area contributed by atoms with E-state index in [4.69, 9.17) is 9.47 Å². The molecule has 0 aromatic heterocycles. The zero-order valence-corrected chi connectivity index (χ0v) is 17.4. The van der Waals surface area contributed by atoms with Crippen molar-refractivity contribution < 1.29 is 14.3 Å². The molecular formula is C22H29ClN2O3. The molecule has 0 radical (unpaired) electrons. The Hall–Kier alpha value is -2.24. The first-order valence-electron chi connectivity index (χ1n) is 9.55. The molecule has 0 unspecified atom stereocenters. The number of halogens is 1. The third kappa shape index (κ3) is 5.63. The van der Waals surface area contributed by atoms with Crippen molar-refractivity contribution in [3.8, 4) is 11.5 Å². The molecule has 1 N–H and O–H groups in total. The van der Waals surface area contributed by atoms with Crippen molar-refractivity contribution in [3.05, 3.63) is 53.6 Å². The second kappa shape index (κ2) is 10.9. The van der Waals surface area contributed by atoms with Crippen LogP contribution in [0, 0.1) is 0 Å². The number of carbonyl (C=O) groups excluding carboxylic acids is 1. The minimum Gasteiger partial charge on any atom is -0.496 e. The monoisotopic (exact) mass is 404 g/mol. The van der Waals surface area contributed by atoms with Crippen LogP contribution in [-0.2, 0) is 6.42 Å². The van der Waals surface area contributed by atoms with Crippen LogP contribution in [0.4, 0.5) is 5.69 Å². The second-order valence-corrected chi connectivity index (χ2v) is 6.84. The van der Waals surface area contributed by atoms with Crippen LogP contribution >= 0.6 is 12.4 Å². The summed E-state index contributed by atoms with van der Waals surface area (Å²) in [6.45, 7) is 3.54. The molecule has 0 saturated carbocycles. The number of nitrogens with zero attached hydrogens (tertiary/aromatic N) is 1. The quantitative estimate of drug-likeness (QED) is 0.742. The van der Waals surface area contributed by atoms with Gasteiger partial charge in [-0.3, -0.25) is 4.79 Å². The van der Waals surface area contributed by atoms with Crippen LogP contribution in [0.15, 0.2) is 42.5 Å². The lowest BCUT2D eigenvalue weighted by Crippen LogP contribution is -2.31. The Morgan fingerprint density at radius 2 is 1.57 bits per heavy atom. The minimum atomic E-state index is -0.245. The molecule has 6 heteroatoms. The van der Waals surface area contributed by atoms with Crippen LogP contribution in [0.5, 0.6) is 11.5 Å². The molecule has 1 amide bonds. The molecule has 1 fully saturated rings. The molecule has 0 aliphatic carbocycles. The lowest BCUT2D eigenvalue weighted by atomic mass is 10.1. The highest BCUT2D eigenvalue weighted by atomic mass is 35.5. The van der Waals surface area contributed by atoms with E-state index in [0.29, 0.717) is 17.1 Å². The number of nitrogens with one attached hydrogen (secondary N) is 1. The molecule has 0 bridgehead atoms. The molecule has 1 saturated heterocycles. The molecule has 1 aliphatic rings. The van der Waals surface area contributed by atoms with Gasteiger partial charge in [0.2, 0.25) is 0 Å². The topological polar surface area (TPSA) is 50.8 Å². The van der Waals surface area contributed by atoms with Gasteiger partial charge in [0.05, 0.1) is 14.2 Å². The summed E-state index contributed by atoms with van der Waals surface area (Å²) in [5.74, 6) is 0.736. The predicted octanol–water partition coefficient (Wildman–Crippen LogP) is 4.41. The van der Waals surface area contributed by atoms with Crippen molar-refractivity contribution in [1.82, 2.24) is 4.90 Å². The van der Waals surface area contributed by atoms with Gasteiger partial charge in [-0.15, -0.1) is 12.4 Å². The largest absolute Gasteiger partial charge is 0.496 e. The number of anilines is 1. The molecule has 3 rings (SSSR count). The lowest BCUT2D eigenvalue weighted by Gasteiger charge is -2.26.